The molecule has 1 nitrogen and oxygen atoms in total. The molecule has 0 aliphatic heterocycles. The average Bonchev–Trinajstić information content (AvgIpc) is 2.69. The van der Waals surface area contributed by atoms with Crippen LogP contribution in [0.5, 0.6) is 0 Å². The molecule has 0 bridgehead atoms. The van der Waals surface area contributed by atoms with Gasteiger partial charge < -0.3 is 5.73 Å². The Labute approximate surface area is 102 Å². The first kappa shape index (κ1) is 13.1. The van der Waals surface area contributed by atoms with E-state index in [0.717, 1.165) is 11.6 Å². The van der Waals surface area contributed by atoms with Crippen LogP contribution in [0, 0.1) is 11.6 Å². The zero-order chi connectivity index (χ0) is 10.8. The van der Waals surface area contributed by atoms with Crippen LogP contribution in [0.3, 0.4) is 0 Å². The third-order valence-electron chi connectivity index (χ3n) is 2.20. The number of nitrogens with two attached hydrogens (primary N) is 1. The van der Waals surface area contributed by atoms with Gasteiger partial charge >= 0.3 is 0 Å². The summed E-state index contributed by atoms with van der Waals surface area (Å²) in [5.74, 6) is -1.19. The molecule has 0 saturated heterocycles. The van der Waals surface area contributed by atoms with Crippen LogP contribution < -0.4 is 5.73 Å². The zero-order valence-corrected chi connectivity index (χ0v) is 9.82. The largest absolute Gasteiger partial charge is 0.320 e. The van der Waals surface area contributed by atoms with Gasteiger partial charge in [-0.25, -0.2) is 8.78 Å². The van der Waals surface area contributed by atoms with Gasteiger partial charge in [-0.2, -0.15) is 11.3 Å². The first-order valence-corrected chi connectivity index (χ1v) is 5.35. The molecule has 16 heavy (non-hydrogen) atoms. The van der Waals surface area contributed by atoms with Crippen molar-refractivity contribution in [3.05, 3.63) is 57.8 Å². The van der Waals surface area contributed by atoms with Crippen LogP contribution in [-0.4, -0.2) is 0 Å². The Morgan fingerprint density at radius 3 is 2.50 bits per heavy atom. The summed E-state index contributed by atoms with van der Waals surface area (Å²) >= 11 is 1.50. The highest BCUT2D eigenvalue weighted by atomic mass is 35.5. The van der Waals surface area contributed by atoms with E-state index in [1.54, 1.807) is 0 Å². The van der Waals surface area contributed by atoms with Crippen molar-refractivity contribution in [1.82, 2.24) is 0 Å². The molecule has 1 aromatic heterocycles. The number of rotatable bonds is 2. The van der Waals surface area contributed by atoms with Crippen molar-refractivity contribution in [2.24, 2.45) is 5.73 Å². The van der Waals surface area contributed by atoms with Gasteiger partial charge in [0.15, 0.2) is 0 Å². The highest BCUT2D eigenvalue weighted by molar-refractivity contribution is 7.08. The van der Waals surface area contributed by atoms with Gasteiger partial charge in [-0.05, 0) is 28.5 Å². The fourth-order valence-corrected chi connectivity index (χ4v) is 2.08. The first-order chi connectivity index (χ1) is 7.18. The molecular formula is C11H10ClF2NS. The Kier molecular flexibility index (Phi) is 4.41. The molecule has 5 heteroatoms. The van der Waals surface area contributed by atoms with Crippen molar-refractivity contribution in [1.29, 1.82) is 0 Å². The van der Waals surface area contributed by atoms with Gasteiger partial charge in [-0.3, -0.25) is 0 Å². The normalized spacial score (nSPS) is 11.9. The van der Waals surface area contributed by atoms with Crippen LogP contribution in [0.25, 0.3) is 0 Å². The Bertz CT molecular complexity index is 459. The molecule has 1 heterocycles. The minimum Gasteiger partial charge on any atom is -0.320 e. The summed E-state index contributed by atoms with van der Waals surface area (Å²) in [5.41, 5.74) is 7.01. The molecule has 0 amide bonds. The van der Waals surface area contributed by atoms with Crippen molar-refractivity contribution in [3.63, 3.8) is 0 Å². The van der Waals surface area contributed by atoms with Gasteiger partial charge in [0.1, 0.15) is 11.6 Å². The second kappa shape index (κ2) is 5.39. The smallest absolute Gasteiger partial charge is 0.131 e. The standard InChI is InChI=1S/C11H9F2NS.ClH/c12-8-1-2-9(10(13)5-8)11(14)7-3-4-15-6-7;/h1-6,11H,14H2;1H/t11-;/m1./s1. The highest BCUT2D eigenvalue weighted by Gasteiger charge is 2.14. The van der Waals surface area contributed by atoms with E-state index >= 15 is 0 Å². The number of hydrogen-bond acceptors (Lipinski definition) is 2. The number of benzene rings is 1. The predicted molar refractivity (Wildman–Crippen MR) is 64.0 cm³/mol. The van der Waals surface area contributed by atoms with Crippen molar-refractivity contribution in [3.8, 4) is 0 Å². The zero-order valence-electron chi connectivity index (χ0n) is 8.19. The molecule has 0 saturated carbocycles. The summed E-state index contributed by atoms with van der Waals surface area (Å²) < 4.78 is 26.1. The molecule has 0 spiro atoms. The number of hydrogen-bond donors (Lipinski definition) is 1. The lowest BCUT2D eigenvalue weighted by Gasteiger charge is -2.11. The third kappa shape index (κ3) is 2.58. The van der Waals surface area contributed by atoms with Crippen LogP contribution in [0.15, 0.2) is 35.0 Å². The molecule has 1 aromatic carbocycles. The summed E-state index contributed by atoms with van der Waals surface area (Å²) in [7, 11) is 0. The summed E-state index contributed by atoms with van der Waals surface area (Å²) in [6.45, 7) is 0. The van der Waals surface area contributed by atoms with Crippen molar-refractivity contribution >= 4 is 23.7 Å². The van der Waals surface area contributed by atoms with Gasteiger partial charge in [-0.1, -0.05) is 6.07 Å². The first-order valence-electron chi connectivity index (χ1n) is 4.41. The minimum absolute atomic E-state index is 0. The summed E-state index contributed by atoms with van der Waals surface area (Å²) in [5, 5.41) is 3.73. The van der Waals surface area contributed by atoms with Crippen LogP contribution in [0.1, 0.15) is 17.2 Å². The number of thiophene rings is 1. The molecule has 0 aliphatic carbocycles. The second-order valence-corrected chi connectivity index (χ2v) is 3.98. The van der Waals surface area contributed by atoms with Gasteiger partial charge in [0.25, 0.3) is 0 Å². The van der Waals surface area contributed by atoms with E-state index in [2.05, 4.69) is 0 Å². The second-order valence-electron chi connectivity index (χ2n) is 3.20. The van der Waals surface area contributed by atoms with Crippen LogP contribution in [0.4, 0.5) is 8.78 Å². The third-order valence-corrected chi connectivity index (χ3v) is 2.90. The van der Waals surface area contributed by atoms with Crippen molar-refractivity contribution in [2.45, 2.75) is 6.04 Å². The van der Waals surface area contributed by atoms with Gasteiger partial charge in [0.2, 0.25) is 0 Å². The lowest BCUT2D eigenvalue weighted by atomic mass is 10.0. The van der Waals surface area contributed by atoms with Crippen LogP contribution in [0.2, 0.25) is 0 Å². The molecule has 0 unspecified atom stereocenters. The van der Waals surface area contributed by atoms with Crippen molar-refractivity contribution in [2.75, 3.05) is 0 Å². The summed E-state index contributed by atoms with van der Waals surface area (Å²) in [6.07, 6.45) is 0. The number of halogens is 3. The molecule has 0 aliphatic rings. The maximum absolute atomic E-state index is 13.4. The SMILES string of the molecule is Cl.N[C@H](c1ccsc1)c1ccc(F)cc1F. The molecule has 1 atom stereocenters. The lowest BCUT2D eigenvalue weighted by molar-refractivity contribution is 0.566. The maximum atomic E-state index is 13.4. The van der Waals surface area contributed by atoms with E-state index in [4.69, 9.17) is 5.73 Å². The molecule has 0 fully saturated rings. The molecule has 86 valence electrons. The van der Waals surface area contributed by atoms with Gasteiger partial charge in [0, 0.05) is 11.6 Å². The predicted octanol–water partition coefficient (Wildman–Crippen LogP) is 3.50. The summed E-state index contributed by atoms with van der Waals surface area (Å²) in [6, 6.07) is 4.74. The Morgan fingerprint density at radius 2 is 1.94 bits per heavy atom. The highest BCUT2D eigenvalue weighted by Crippen LogP contribution is 2.24. The Hall–Kier alpha value is -0.970. The summed E-state index contributed by atoms with van der Waals surface area (Å²) in [4.78, 5) is 0. The fraction of sp³-hybridized carbons (Fsp3) is 0.0909. The Balaban J connectivity index is 0.00000128. The van der Waals surface area contributed by atoms with E-state index < -0.39 is 17.7 Å². The quantitative estimate of drug-likeness (QED) is 0.880. The molecule has 2 rings (SSSR count). The van der Waals surface area contributed by atoms with E-state index in [9.17, 15) is 8.78 Å². The van der Waals surface area contributed by atoms with Crippen LogP contribution >= 0.6 is 23.7 Å². The van der Waals surface area contributed by atoms with Crippen LogP contribution in [-0.2, 0) is 0 Å². The van der Waals surface area contributed by atoms with E-state index in [-0.39, 0.29) is 12.4 Å². The topological polar surface area (TPSA) is 26.0 Å². The molecule has 2 aromatic rings. The fourth-order valence-electron chi connectivity index (χ4n) is 1.39. The lowest BCUT2D eigenvalue weighted by Crippen LogP contribution is -2.12. The monoisotopic (exact) mass is 261 g/mol. The van der Waals surface area contributed by atoms with E-state index in [1.807, 2.05) is 16.8 Å². The van der Waals surface area contributed by atoms with Gasteiger partial charge in [-0.15, -0.1) is 12.4 Å². The maximum Gasteiger partial charge on any atom is 0.131 e. The Morgan fingerprint density at radius 1 is 1.19 bits per heavy atom. The van der Waals surface area contributed by atoms with Gasteiger partial charge in [0.05, 0.1) is 6.04 Å². The van der Waals surface area contributed by atoms with Crippen molar-refractivity contribution < 1.29 is 8.78 Å². The molecular weight excluding hydrogens is 252 g/mol. The average molecular weight is 262 g/mol. The van der Waals surface area contributed by atoms with E-state index in [1.165, 1.54) is 23.5 Å². The minimum atomic E-state index is -0.603. The molecule has 2 N–H and O–H groups in total. The van der Waals surface area contributed by atoms with E-state index in [0.29, 0.717) is 5.56 Å². The molecule has 0 radical (unpaired) electrons.